The molecule has 142 valence electrons. The first-order valence-electron chi connectivity index (χ1n) is 10.1. The van der Waals surface area contributed by atoms with Crippen molar-refractivity contribution in [2.45, 2.75) is 70.4 Å². The lowest BCUT2D eigenvalue weighted by molar-refractivity contribution is 0.0963. The van der Waals surface area contributed by atoms with Gasteiger partial charge in [0.2, 0.25) is 0 Å². The lowest BCUT2D eigenvalue weighted by atomic mass is 9.85. The number of guanidine groups is 1. The van der Waals surface area contributed by atoms with Crippen LogP contribution in [-0.4, -0.2) is 55.8 Å². The van der Waals surface area contributed by atoms with E-state index in [1.165, 1.54) is 38.5 Å². The van der Waals surface area contributed by atoms with Crippen molar-refractivity contribution in [2.24, 2.45) is 16.8 Å². The summed E-state index contributed by atoms with van der Waals surface area (Å²) in [5, 5.41) is 7.18. The van der Waals surface area contributed by atoms with Crippen molar-refractivity contribution in [3.8, 4) is 0 Å². The molecule has 2 N–H and O–H groups in total. The van der Waals surface area contributed by atoms with Crippen LogP contribution in [0.2, 0.25) is 0 Å². The molecule has 6 nitrogen and oxygen atoms in total. The summed E-state index contributed by atoms with van der Waals surface area (Å²) in [7, 11) is 1.85. The van der Waals surface area contributed by atoms with Gasteiger partial charge in [0.15, 0.2) is 5.96 Å². The van der Waals surface area contributed by atoms with Gasteiger partial charge in [-0.1, -0.05) is 32.1 Å². The fraction of sp³-hybridized carbons (Fsp3) is 0.895. The number of carbonyl (C=O) groups excluding carboxylic acids is 1. The minimum Gasteiger partial charge on any atom is -0.450 e. The minimum atomic E-state index is -0.184. The van der Waals surface area contributed by atoms with Gasteiger partial charge in [-0.3, -0.25) is 4.99 Å². The Labute approximate surface area is 151 Å². The summed E-state index contributed by atoms with van der Waals surface area (Å²) in [5.74, 6) is 2.71. The average molecular weight is 351 g/mol. The Kier molecular flexibility index (Phi) is 6.43. The molecule has 2 atom stereocenters. The summed E-state index contributed by atoms with van der Waals surface area (Å²) in [4.78, 5) is 18.0. The van der Waals surface area contributed by atoms with E-state index < -0.39 is 0 Å². The van der Waals surface area contributed by atoms with Gasteiger partial charge in [-0.15, -0.1) is 0 Å². The van der Waals surface area contributed by atoms with Crippen LogP contribution in [0.3, 0.4) is 0 Å². The second-order valence-electron chi connectivity index (χ2n) is 7.73. The van der Waals surface area contributed by atoms with Gasteiger partial charge in [-0.25, -0.2) is 4.79 Å². The van der Waals surface area contributed by atoms with Crippen molar-refractivity contribution in [1.82, 2.24) is 15.5 Å². The fourth-order valence-electron chi connectivity index (χ4n) is 4.42. The molecule has 0 aromatic heterocycles. The Balaban J connectivity index is 1.38. The molecule has 2 unspecified atom stereocenters. The number of hydrogen-bond donors (Lipinski definition) is 2. The van der Waals surface area contributed by atoms with Crippen molar-refractivity contribution in [3.05, 3.63) is 0 Å². The third-order valence-corrected chi connectivity index (χ3v) is 6.00. The maximum atomic E-state index is 11.8. The van der Waals surface area contributed by atoms with E-state index in [9.17, 15) is 4.79 Å². The van der Waals surface area contributed by atoms with Crippen LogP contribution in [0.5, 0.6) is 0 Å². The molecule has 3 fully saturated rings. The third kappa shape index (κ3) is 5.02. The highest BCUT2D eigenvalue weighted by atomic mass is 16.6. The van der Waals surface area contributed by atoms with Crippen molar-refractivity contribution in [1.29, 1.82) is 0 Å². The van der Waals surface area contributed by atoms with Crippen LogP contribution in [0.1, 0.15) is 58.3 Å². The zero-order chi connectivity index (χ0) is 17.6. The number of carbonyl (C=O) groups is 1. The van der Waals surface area contributed by atoms with E-state index in [2.05, 4.69) is 15.6 Å². The number of hydrogen-bond acceptors (Lipinski definition) is 3. The topological polar surface area (TPSA) is 66.0 Å². The molecular formula is C19H34N4O2. The first-order chi connectivity index (χ1) is 12.2. The van der Waals surface area contributed by atoms with Gasteiger partial charge < -0.3 is 20.3 Å². The number of likely N-dealkylation sites (tertiary alicyclic amines) is 1. The fourth-order valence-corrected chi connectivity index (χ4v) is 4.42. The molecule has 0 radical (unpaired) electrons. The molecule has 6 heteroatoms. The average Bonchev–Trinajstić information content (AvgIpc) is 3.42. The number of ether oxygens (including phenoxy) is 1. The normalized spacial score (nSPS) is 28.6. The minimum absolute atomic E-state index is 0.184. The molecule has 0 aromatic carbocycles. The van der Waals surface area contributed by atoms with E-state index in [0.717, 1.165) is 43.7 Å². The first kappa shape index (κ1) is 18.3. The maximum Gasteiger partial charge on any atom is 0.409 e. The Morgan fingerprint density at radius 2 is 1.84 bits per heavy atom. The highest BCUT2D eigenvalue weighted by molar-refractivity contribution is 5.80. The molecule has 0 spiro atoms. The molecule has 1 heterocycles. The third-order valence-electron chi connectivity index (χ3n) is 6.00. The largest absolute Gasteiger partial charge is 0.450 e. The molecule has 1 aliphatic heterocycles. The molecule has 3 aliphatic rings. The monoisotopic (exact) mass is 350 g/mol. The number of aliphatic imine (C=N–C) groups is 1. The van der Waals surface area contributed by atoms with Gasteiger partial charge in [0, 0.05) is 32.2 Å². The molecule has 1 amide bonds. The van der Waals surface area contributed by atoms with Crippen LogP contribution in [0.15, 0.2) is 4.99 Å². The molecule has 25 heavy (non-hydrogen) atoms. The summed E-state index contributed by atoms with van der Waals surface area (Å²) in [5.41, 5.74) is 0. The van der Waals surface area contributed by atoms with Gasteiger partial charge >= 0.3 is 6.09 Å². The first-order valence-corrected chi connectivity index (χ1v) is 10.1. The summed E-state index contributed by atoms with van der Waals surface area (Å²) in [6.45, 7) is 3.79. The Morgan fingerprint density at radius 1 is 1.12 bits per heavy atom. The highest BCUT2D eigenvalue weighted by Gasteiger charge is 2.43. The Hall–Kier alpha value is -1.46. The van der Waals surface area contributed by atoms with Crippen LogP contribution in [0.4, 0.5) is 4.79 Å². The number of nitrogens with zero attached hydrogens (tertiary/aromatic N) is 2. The number of rotatable bonds is 4. The number of piperidine rings is 1. The SMILES string of the molecule is CCOC(=O)N1CCC(NC(=NC)NC2CC2C2CCCCC2)CC1. The summed E-state index contributed by atoms with van der Waals surface area (Å²) < 4.78 is 5.08. The zero-order valence-electron chi connectivity index (χ0n) is 15.8. The van der Waals surface area contributed by atoms with Gasteiger partial charge in [0.25, 0.3) is 0 Å². The predicted octanol–water partition coefficient (Wildman–Crippen LogP) is 2.74. The van der Waals surface area contributed by atoms with E-state index >= 15 is 0 Å². The number of amides is 1. The van der Waals surface area contributed by atoms with Gasteiger partial charge in [0.05, 0.1) is 6.61 Å². The van der Waals surface area contributed by atoms with Gasteiger partial charge in [-0.2, -0.15) is 0 Å². The Morgan fingerprint density at radius 3 is 2.48 bits per heavy atom. The second-order valence-corrected chi connectivity index (χ2v) is 7.73. The lowest BCUT2D eigenvalue weighted by Gasteiger charge is -2.32. The van der Waals surface area contributed by atoms with Crippen molar-refractivity contribution in [3.63, 3.8) is 0 Å². The summed E-state index contributed by atoms with van der Waals surface area (Å²) in [6.07, 6.45) is 10.1. The van der Waals surface area contributed by atoms with E-state index in [-0.39, 0.29) is 6.09 Å². The van der Waals surface area contributed by atoms with Gasteiger partial charge in [0.1, 0.15) is 0 Å². The van der Waals surface area contributed by atoms with E-state index in [1.54, 1.807) is 4.90 Å². The van der Waals surface area contributed by atoms with E-state index in [0.29, 0.717) is 18.7 Å². The van der Waals surface area contributed by atoms with Crippen molar-refractivity contribution >= 4 is 12.1 Å². The molecular weight excluding hydrogens is 316 g/mol. The highest BCUT2D eigenvalue weighted by Crippen LogP contribution is 2.44. The molecule has 3 rings (SSSR count). The van der Waals surface area contributed by atoms with Crippen molar-refractivity contribution < 1.29 is 9.53 Å². The standard InChI is InChI=1S/C19H34N4O2/c1-3-25-19(24)23-11-9-15(10-12-23)21-18(20-2)22-17-13-16(17)14-7-5-4-6-8-14/h14-17H,3-13H2,1-2H3,(H2,20,21,22). The van der Waals surface area contributed by atoms with E-state index in [4.69, 9.17) is 4.74 Å². The van der Waals surface area contributed by atoms with Crippen LogP contribution >= 0.6 is 0 Å². The number of nitrogens with one attached hydrogen (secondary N) is 2. The molecule has 0 aromatic rings. The maximum absolute atomic E-state index is 11.8. The summed E-state index contributed by atoms with van der Waals surface area (Å²) >= 11 is 0. The van der Waals surface area contributed by atoms with Crippen molar-refractivity contribution in [2.75, 3.05) is 26.7 Å². The smallest absolute Gasteiger partial charge is 0.409 e. The summed E-state index contributed by atoms with van der Waals surface area (Å²) in [6, 6.07) is 0.984. The molecule has 2 saturated carbocycles. The lowest BCUT2D eigenvalue weighted by Crippen LogP contribution is -2.50. The molecule has 0 bridgehead atoms. The quantitative estimate of drug-likeness (QED) is 0.604. The molecule has 1 saturated heterocycles. The van der Waals surface area contributed by atoms with Crippen LogP contribution in [0, 0.1) is 11.8 Å². The van der Waals surface area contributed by atoms with Crippen LogP contribution < -0.4 is 10.6 Å². The van der Waals surface area contributed by atoms with E-state index in [1.807, 2.05) is 14.0 Å². The van der Waals surface area contributed by atoms with Crippen LogP contribution in [-0.2, 0) is 4.74 Å². The van der Waals surface area contributed by atoms with Crippen LogP contribution in [0.25, 0.3) is 0 Å². The second kappa shape index (κ2) is 8.77. The molecule has 2 aliphatic carbocycles. The van der Waals surface area contributed by atoms with Gasteiger partial charge in [-0.05, 0) is 38.0 Å². The predicted molar refractivity (Wildman–Crippen MR) is 99.7 cm³/mol. The Bertz CT molecular complexity index is 468. The zero-order valence-corrected chi connectivity index (χ0v) is 15.8.